The van der Waals surface area contributed by atoms with E-state index in [4.69, 9.17) is 4.98 Å². The van der Waals surface area contributed by atoms with Crippen molar-refractivity contribution in [2.45, 2.75) is 18.7 Å². The van der Waals surface area contributed by atoms with E-state index in [0.29, 0.717) is 23.8 Å². The van der Waals surface area contributed by atoms with Crippen molar-refractivity contribution in [1.82, 2.24) is 9.88 Å². The SMILES string of the molecule is CCS(=O)(=O)c1ccc(C(=O)N(CCN(C)C)c2nc3c(C)cccc3s2)cc1.Cl. The van der Waals surface area contributed by atoms with E-state index >= 15 is 0 Å². The molecule has 0 unspecified atom stereocenters. The third-order valence-corrected chi connectivity index (χ3v) is 7.49. The number of hydrogen-bond acceptors (Lipinski definition) is 6. The van der Waals surface area contributed by atoms with Crippen LogP contribution in [0.15, 0.2) is 47.4 Å². The number of amides is 1. The summed E-state index contributed by atoms with van der Waals surface area (Å²) < 4.78 is 25.1. The molecule has 1 aromatic heterocycles. The van der Waals surface area contributed by atoms with Gasteiger partial charge in [-0.15, -0.1) is 12.4 Å². The van der Waals surface area contributed by atoms with Crippen LogP contribution in [-0.2, 0) is 9.84 Å². The van der Waals surface area contributed by atoms with E-state index in [0.717, 1.165) is 15.8 Å². The molecule has 6 nitrogen and oxygen atoms in total. The zero-order valence-electron chi connectivity index (χ0n) is 17.5. The number of sulfone groups is 1. The van der Waals surface area contributed by atoms with Gasteiger partial charge in [0.1, 0.15) is 0 Å². The molecule has 2 aromatic carbocycles. The number of anilines is 1. The Kier molecular flexibility index (Phi) is 7.99. The lowest BCUT2D eigenvalue weighted by Gasteiger charge is -2.22. The molecular formula is C21H26ClN3O3S2. The topological polar surface area (TPSA) is 70.6 Å². The minimum Gasteiger partial charge on any atom is -0.308 e. The van der Waals surface area contributed by atoms with Crippen LogP contribution in [0.1, 0.15) is 22.8 Å². The van der Waals surface area contributed by atoms with Gasteiger partial charge in [-0.05, 0) is 56.9 Å². The predicted octanol–water partition coefficient (Wildman–Crippen LogP) is 4.03. The molecule has 0 aliphatic heterocycles. The Balaban J connectivity index is 0.00000320. The molecule has 0 N–H and O–H groups in total. The van der Waals surface area contributed by atoms with Gasteiger partial charge in [0.25, 0.3) is 5.91 Å². The van der Waals surface area contributed by atoms with Crippen molar-refractivity contribution in [2.24, 2.45) is 0 Å². The van der Waals surface area contributed by atoms with Crippen molar-refractivity contribution in [3.05, 3.63) is 53.6 Å². The molecule has 9 heteroatoms. The van der Waals surface area contributed by atoms with Gasteiger partial charge in [-0.3, -0.25) is 9.69 Å². The molecule has 0 saturated carbocycles. The quantitative estimate of drug-likeness (QED) is 0.524. The molecule has 0 bridgehead atoms. The van der Waals surface area contributed by atoms with E-state index in [1.165, 1.54) is 23.5 Å². The van der Waals surface area contributed by atoms with Gasteiger partial charge in [0, 0.05) is 18.7 Å². The van der Waals surface area contributed by atoms with Crippen molar-refractivity contribution in [2.75, 3.05) is 37.8 Å². The normalized spacial score (nSPS) is 11.5. The average Bonchev–Trinajstić information content (AvgIpc) is 3.13. The number of carbonyl (C=O) groups excluding carboxylic acids is 1. The number of nitrogens with zero attached hydrogens (tertiary/aromatic N) is 3. The third-order valence-electron chi connectivity index (χ3n) is 4.70. The Bertz CT molecular complexity index is 1130. The van der Waals surface area contributed by atoms with Crippen LogP contribution in [-0.4, -0.2) is 57.1 Å². The van der Waals surface area contributed by atoms with Gasteiger partial charge in [0.05, 0.1) is 20.9 Å². The van der Waals surface area contributed by atoms with E-state index in [-0.39, 0.29) is 29.0 Å². The molecule has 0 radical (unpaired) electrons. The fourth-order valence-electron chi connectivity index (χ4n) is 2.90. The second-order valence-electron chi connectivity index (χ2n) is 7.11. The first-order chi connectivity index (χ1) is 13.7. The predicted molar refractivity (Wildman–Crippen MR) is 126 cm³/mol. The van der Waals surface area contributed by atoms with Gasteiger partial charge >= 0.3 is 0 Å². The maximum atomic E-state index is 13.3. The highest BCUT2D eigenvalue weighted by molar-refractivity contribution is 7.91. The number of para-hydroxylation sites is 1. The lowest BCUT2D eigenvalue weighted by Crippen LogP contribution is -2.36. The van der Waals surface area contributed by atoms with E-state index in [1.54, 1.807) is 24.0 Å². The van der Waals surface area contributed by atoms with Crippen molar-refractivity contribution >= 4 is 54.8 Å². The van der Waals surface area contributed by atoms with Crippen LogP contribution >= 0.6 is 23.7 Å². The molecule has 0 aliphatic carbocycles. The van der Waals surface area contributed by atoms with Crippen LogP contribution in [0.4, 0.5) is 5.13 Å². The summed E-state index contributed by atoms with van der Waals surface area (Å²) in [6.07, 6.45) is 0. The second-order valence-corrected chi connectivity index (χ2v) is 10.4. The number of hydrogen-bond donors (Lipinski definition) is 0. The van der Waals surface area contributed by atoms with Gasteiger partial charge in [-0.1, -0.05) is 30.4 Å². The monoisotopic (exact) mass is 467 g/mol. The Morgan fingerprint density at radius 2 is 1.73 bits per heavy atom. The zero-order valence-corrected chi connectivity index (χ0v) is 19.9. The van der Waals surface area contributed by atoms with E-state index < -0.39 is 9.84 Å². The molecule has 162 valence electrons. The summed E-state index contributed by atoms with van der Waals surface area (Å²) >= 11 is 1.48. The van der Waals surface area contributed by atoms with E-state index in [1.807, 2.05) is 44.1 Å². The van der Waals surface area contributed by atoms with E-state index in [9.17, 15) is 13.2 Å². The number of rotatable bonds is 7. The summed E-state index contributed by atoms with van der Waals surface area (Å²) in [5.41, 5.74) is 2.41. The summed E-state index contributed by atoms with van der Waals surface area (Å²) in [4.78, 5) is 21.9. The Hall–Kier alpha value is -2.00. The Morgan fingerprint density at radius 1 is 1.07 bits per heavy atom. The molecular weight excluding hydrogens is 442 g/mol. The number of likely N-dealkylation sites (N-methyl/N-ethyl adjacent to an activating group) is 1. The largest absolute Gasteiger partial charge is 0.308 e. The van der Waals surface area contributed by atoms with Gasteiger partial charge in [0.2, 0.25) is 0 Å². The second kappa shape index (κ2) is 9.87. The molecule has 0 aliphatic rings. The summed E-state index contributed by atoms with van der Waals surface area (Å²) in [5.74, 6) is -0.163. The van der Waals surface area contributed by atoms with Gasteiger partial charge in [-0.25, -0.2) is 13.4 Å². The third kappa shape index (κ3) is 5.18. The summed E-state index contributed by atoms with van der Waals surface area (Å²) in [5, 5.41) is 0.645. The highest BCUT2D eigenvalue weighted by atomic mass is 35.5. The first-order valence-electron chi connectivity index (χ1n) is 9.38. The van der Waals surface area contributed by atoms with Crippen molar-refractivity contribution < 1.29 is 13.2 Å². The van der Waals surface area contributed by atoms with E-state index in [2.05, 4.69) is 0 Å². The molecule has 3 aromatic rings. The van der Waals surface area contributed by atoms with Crippen molar-refractivity contribution in [1.29, 1.82) is 0 Å². The van der Waals surface area contributed by atoms with Gasteiger partial charge < -0.3 is 4.90 Å². The minimum absolute atomic E-state index is 0. The van der Waals surface area contributed by atoms with Crippen LogP contribution in [0.2, 0.25) is 0 Å². The molecule has 1 heterocycles. The minimum atomic E-state index is -3.30. The van der Waals surface area contributed by atoms with Crippen molar-refractivity contribution in [3.63, 3.8) is 0 Å². The Labute approximate surface area is 187 Å². The highest BCUT2D eigenvalue weighted by Gasteiger charge is 2.22. The number of fused-ring (bicyclic) bond motifs is 1. The molecule has 0 saturated heterocycles. The summed E-state index contributed by atoms with van der Waals surface area (Å²) in [7, 11) is 0.609. The van der Waals surface area contributed by atoms with Crippen LogP contribution in [0, 0.1) is 6.92 Å². The molecule has 0 atom stereocenters. The van der Waals surface area contributed by atoms with Crippen LogP contribution in [0.5, 0.6) is 0 Å². The maximum absolute atomic E-state index is 13.3. The molecule has 3 rings (SSSR count). The van der Waals surface area contributed by atoms with Crippen molar-refractivity contribution in [3.8, 4) is 0 Å². The van der Waals surface area contributed by atoms with Crippen LogP contribution < -0.4 is 4.90 Å². The van der Waals surface area contributed by atoms with Gasteiger partial charge in [-0.2, -0.15) is 0 Å². The number of aromatic nitrogens is 1. The number of carbonyl (C=O) groups is 1. The number of halogens is 1. The number of thiazole rings is 1. The molecule has 1 amide bonds. The van der Waals surface area contributed by atoms with Gasteiger partial charge in [0.15, 0.2) is 15.0 Å². The molecule has 0 spiro atoms. The first kappa shape index (κ1) is 24.3. The lowest BCUT2D eigenvalue weighted by molar-refractivity contribution is 0.0985. The molecule has 30 heavy (non-hydrogen) atoms. The highest BCUT2D eigenvalue weighted by Crippen LogP contribution is 2.31. The lowest BCUT2D eigenvalue weighted by atomic mass is 10.2. The van der Waals surface area contributed by atoms with Crippen LogP contribution in [0.3, 0.4) is 0 Å². The average molecular weight is 468 g/mol. The smallest absolute Gasteiger partial charge is 0.260 e. The zero-order chi connectivity index (χ0) is 21.2. The summed E-state index contributed by atoms with van der Waals surface area (Å²) in [6, 6.07) is 12.1. The van der Waals surface area contributed by atoms with Crippen LogP contribution in [0.25, 0.3) is 10.2 Å². The first-order valence-corrected chi connectivity index (χ1v) is 11.9. The number of aryl methyl sites for hydroxylation is 1. The Morgan fingerprint density at radius 3 is 2.30 bits per heavy atom. The number of benzene rings is 2. The molecule has 0 fully saturated rings. The summed E-state index contributed by atoms with van der Waals surface area (Å²) in [6.45, 7) is 4.78. The fraction of sp³-hybridized carbons (Fsp3) is 0.333. The maximum Gasteiger partial charge on any atom is 0.260 e. The standard InChI is InChI=1S/C21H25N3O3S2.ClH/c1-5-29(26,27)17-11-9-16(10-12-17)20(25)24(14-13-23(3)4)21-22-19-15(2)7-6-8-18(19)28-21;/h6-12H,5,13-14H2,1-4H3;1H. The fourth-order valence-corrected chi connectivity index (χ4v) is 4.85.